The largest absolute Gasteiger partial charge is 0.504 e. The number of methoxy groups -OCH3 is 2. The van der Waals surface area contributed by atoms with Gasteiger partial charge in [0, 0.05) is 0 Å². The number of thiocarbonyl (C=S) groups is 1. The lowest BCUT2D eigenvalue weighted by atomic mass is 10.0. The summed E-state index contributed by atoms with van der Waals surface area (Å²) in [5, 5.41) is 33.6. The summed E-state index contributed by atoms with van der Waals surface area (Å²) in [4.78, 5) is 24.7. The van der Waals surface area contributed by atoms with Crippen LogP contribution in [0.25, 0.3) is 6.08 Å². The zero-order valence-corrected chi connectivity index (χ0v) is 17.9. The highest BCUT2D eigenvalue weighted by Gasteiger charge is 2.33. The van der Waals surface area contributed by atoms with Crippen LogP contribution in [0.3, 0.4) is 0 Å². The zero-order valence-electron chi connectivity index (χ0n) is 16.2. The minimum atomic E-state index is -1.25. The van der Waals surface area contributed by atoms with Crippen LogP contribution in [0.1, 0.15) is 21.5 Å². The molecule has 0 bridgehead atoms. The standard InChI is InChI=1S/C20H16N2O7S2/c1-28-14-6-4-11(16(19(26)27)17(14)29-2)8-15-18(25)22(20(30)31-15)21-9-10-3-5-12(23)13(24)7-10/h3-9,23-24H,1-2H3,(H,26,27)/b15-8+,21-9+. The fourth-order valence-corrected chi connectivity index (χ4v) is 3.89. The summed E-state index contributed by atoms with van der Waals surface area (Å²) >= 11 is 6.17. The summed E-state index contributed by atoms with van der Waals surface area (Å²) in [6, 6.07) is 7.09. The average Bonchev–Trinajstić information content (AvgIpc) is 3.00. The van der Waals surface area contributed by atoms with Crippen LogP contribution in [0.2, 0.25) is 0 Å². The number of carboxylic acids is 1. The van der Waals surface area contributed by atoms with E-state index in [0.717, 1.165) is 16.8 Å². The third-order valence-corrected chi connectivity index (χ3v) is 5.46. The van der Waals surface area contributed by atoms with Crippen molar-refractivity contribution in [2.75, 3.05) is 14.2 Å². The van der Waals surface area contributed by atoms with Crippen molar-refractivity contribution < 1.29 is 34.4 Å². The van der Waals surface area contributed by atoms with Gasteiger partial charge in [0.15, 0.2) is 27.3 Å². The van der Waals surface area contributed by atoms with E-state index in [2.05, 4.69) is 5.10 Å². The molecule has 3 rings (SSSR count). The number of benzene rings is 2. The Balaban J connectivity index is 1.94. The molecule has 11 heteroatoms. The summed E-state index contributed by atoms with van der Waals surface area (Å²) in [5.41, 5.74) is 0.509. The summed E-state index contributed by atoms with van der Waals surface area (Å²) in [7, 11) is 2.71. The summed E-state index contributed by atoms with van der Waals surface area (Å²) in [6.45, 7) is 0. The van der Waals surface area contributed by atoms with Gasteiger partial charge in [-0.25, -0.2) is 4.79 Å². The van der Waals surface area contributed by atoms with Gasteiger partial charge in [-0.05, 0) is 53.7 Å². The number of rotatable bonds is 6. The Morgan fingerprint density at radius 2 is 1.90 bits per heavy atom. The van der Waals surface area contributed by atoms with E-state index < -0.39 is 11.9 Å². The van der Waals surface area contributed by atoms with Gasteiger partial charge in [-0.3, -0.25) is 4.79 Å². The molecule has 0 aromatic heterocycles. The first kappa shape index (κ1) is 22.1. The monoisotopic (exact) mass is 460 g/mol. The lowest BCUT2D eigenvalue weighted by Gasteiger charge is -2.12. The van der Waals surface area contributed by atoms with Crippen LogP contribution >= 0.6 is 24.0 Å². The second-order valence-electron chi connectivity index (χ2n) is 6.06. The predicted octanol–water partition coefficient (Wildman–Crippen LogP) is 3.05. The Hall–Kier alpha value is -3.57. The smallest absolute Gasteiger partial charge is 0.340 e. The van der Waals surface area contributed by atoms with E-state index in [4.69, 9.17) is 21.7 Å². The van der Waals surface area contributed by atoms with Crippen LogP contribution in [0.5, 0.6) is 23.0 Å². The van der Waals surface area contributed by atoms with Crippen molar-refractivity contribution >= 4 is 52.5 Å². The summed E-state index contributed by atoms with van der Waals surface area (Å²) in [6.07, 6.45) is 2.69. The Kier molecular flexibility index (Phi) is 6.47. The Labute approximate surface area is 186 Å². The van der Waals surface area contributed by atoms with Gasteiger partial charge >= 0.3 is 5.97 Å². The highest BCUT2D eigenvalue weighted by atomic mass is 32.2. The molecule has 0 spiro atoms. The van der Waals surface area contributed by atoms with Gasteiger partial charge in [0.25, 0.3) is 5.91 Å². The van der Waals surface area contributed by atoms with Crippen LogP contribution in [0, 0.1) is 0 Å². The fourth-order valence-electron chi connectivity index (χ4n) is 2.73. The molecule has 31 heavy (non-hydrogen) atoms. The molecule has 0 aliphatic carbocycles. The molecular weight excluding hydrogens is 444 g/mol. The topological polar surface area (TPSA) is 129 Å². The molecule has 1 amide bonds. The number of hydrazone groups is 1. The molecule has 3 N–H and O–H groups in total. The molecule has 1 saturated heterocycles. The first-order valence-electron chi connectivity index (χ1n) is 8.59. The number of phenols is 2. The summed E-state index contributed by atoms with van der Waals surface area (Å²) < 4.78 is 10.5. The molecule has 160 valence electrons. The third kappa shape index (κ3) is 4.47. The highest BCUT2D eigenvalue weighted by Crippen LogP contribution is 2.38. The van der Waals surface area contributed by atoms with Gasteiger partial charge in [-0.2, -0.15) is 10.1 Å². The molecule has 0 atom stereocenters. The fraction of sp³-hybridized carbons (Fsp3) is 0.100. The SMILES string of the molecule is COc1ccc(/C=C2/SC(=S)N(/N=C/c3ccc(O)c(O)c3)C2=O)c(C(=O)O)c1OC. The number of hydrogen-bond acceptors (Lipinski definition) is 9. The van der Waals surface area contributed by atoms with Gasteiger partial charge in [-0.1, -0.05) is 17.8 Å². The van der Waals surface area contributed by atoms with Gasteiger partial charge in [0.2, 0.25) is 0 Å². The first-order valence-corrected chi connectivity index (χ1v) is 9.81. The van der Waals surface area contributed by atoms with Crippen LogP contribution in [-0.4, -0.2) is 57.0 Å². The van der Waals surface area contributed by atoms with Crippen molar-refractivity contribution in [3.05, 3.63) is 51.9 Å². The zero-order chi connectivity index (χ0) is 22.7. The molecule has 1 fully saturated rings. The number of carbonyl (C=O) groups is 2. The third-order valence-electron chi connectivity index (χ3n) is 4.17. The first-order chi connectivity index (χ1) is 14.8. The van der Waals surface area contributed by atoms with E-state index in [1.807, 2.05) is 0 Å². The Bertz CT molecular complexity index is 1140. The van der Waals surface area contributed by atoms with Gasteiger partial charge in [0.1, 0.15) is 5.56 Å². The quantitative estimate of drug-likeness (QED) is 0.258. The maximum absolute atomic E-state index is 12.8. The number of thioether (sulfide) groups is 1. The molecule has 1 heterocycles. The normalized spacial score (nSPS) is 15.2. The van der Waals surface area contributed by atoms with Gasteiger partial charge in [0.05, 0.1) is 25.3 Å². The number of aromatic carboxylic acids is 1. The van der Waals surface area contributed by atoms with Crippen molar-refractivity contribution in [2.24, 2.45) is 5.10 Å². The molecule has 9 nitrogen and oxygen atoms in total. The number of aromatic hydroxyl groups is 2. The van der Waals surface area contributed by atoms with E-state index in [-0.39, 0.29) is 43.4 Å². The van der Waals surface area contributed by atoms with E-state index in [0.29, 0.717) is 5.56 Å². The van der Waals surface area contributed by atoms with Crippen molar-refractivity contribution in [3.8, 4) is 23.0 Å². The van der Waals surface area contributed by atoms with Gasteiger partial charge < -0.3 is 24.8 Å². The Morgan fingerprint density at radius 1 is 1.16 bits per heavy atom. The maximum atomic E-state index is 12.8. The number of amides is 1. The van der Waals surface area contributed by atoms with Crippen LogP contribution in [0.15, 0.2) is 40.3 Å². The molecule has 1 aliphatic rings. The van der Waals surface area contributed by atoms with E-state index in [1.165, 1.54) is 56.8 Å². The second kappa shape index (κ2) is 9.06. The number of phenolic OH excluding ortho intramolecular Hbond substituents is 2. The number of ether oxygens (including phenoxy) is 2. The average molecular weight is 460 g/mol. The van der Waals surface area contributed by atoms with Crippen molar-refractivity contribution in [1.29, 1.82) is 0 Å². The molecule has 1 aliphatic heterocycles. The number of nitrogens with zero attached hydrogens (tertiary/aromatic N) is 2. The number of carbonyl (C=O) groups excluding carboxylic acids is 1. The van der Waals surface area contributed by atoms with E-state index >= 15 is 0 Å². The predicted molar refractivity (Wildman–Crippen MR) is 119 cm³/mol. The molecule has 2 aromatic rings. The molecule has 0 unspecified atom stereocenters. The summed E-state index contributed by atoms with van der Waals surface area (Å²) in [5.74, 6) is -2.13. The van der Waals surface area contributed by atoms with E-state index in [1.54, 1.807) is 0 Å². The Morgan fingerprint density at radius 3 is 2.52 bits per heavy atom. The van der Waals surface area contributed by atoms with Crippen molar-refractivity contribution in [3.63, 3.8) is 0 Å². The van der Waals surface area contributed by atoms with E-state index in [9.17, 15) is 24.9 Å². The second-order valence-corrected chi connectivity index (χ2v) is 7.73. The molecule has 2 aromatic carbocycles. The number of carboxylic acid groups (broad SMARTS) is 1. The van der Waals surface area contributed by atoms with Crippen molar-refractivity contribution in [1.82, 2.24) is 5.01 Å². The molecule has 0 radical (unpaired) electrons. The van der Waals surface area contributed by atoms with Crippen LogP contribution < -0.4 is 9.47 Å². The lowest BCUT2D eigenvalue weighted by molar-refractivity contribution is -0.122. The van der Waals surface area contributed by atoms with Gasteiger partial charge in [-0.15, -0.1) is 0 Å². The maximum Gasteiger partial charge on any atom is 0.340 e. The minimum absolute atomic E-state index is 0.0318. The van der Waals surface area contributed by atoms with Crippen LogP contribution in [0.4, 0.5) is 0 Å². The minimum Gasteiger partial charge on any atom is -0.504 e. The highest BCUT2D eigenvalue weighted by molar-refractivity contribution is 8.26. The lowest BCUT2D eigenvalue weighted by Crippen LogP contribution is -2.22. The van der Waals surface area contributed by atoms with Crippen molar-refractivity contribution in [2.45, 2.75) is 0 Å². The number of hydrogen-bond donors (Lipinski definition) is 3. The molecular formula is C20H16N2O7S2. The molecule has 0 saturated carbocycles. The van der Waals surface area contributed by atoms with Crippen LogP contribution in [-0.2, 0) is 4.79 Å².